The summed E-state index contributed by atoms with van der Waals surface area (Å²) in [5, 5.41) is 28.1. The monoisotopic (exact) mass is 514 g/mol. The lowest BCUT2D eigenvalue weighted by atomic mass is 9.78. The maximum absolute atomic E-state index is 10.7. The van der Waals surface area contributed by atoms with Gasteiger partial charge in [0.05, 0.1) is 20.9 Å². The summed E-state index contributed by atoms with van der Waals surface area (Å²) in [6.45, 7) is 18.1. The lowest BCUT2D eigenvalue weighted by molar-refractivity contribution is -0.143. The summed E-state index contributed by atoms with van der Waals surface area (Å²) in [6.07, 6.45) is 0.503. The van der Waals surface area contributed by atoms with E-state index in [0.29, 0.717) is 5.75 Å². The number of carbonyl (C=O) groups is 2. The molecule has 0 aliphatic heterocycles. The van der Waals surface area contributed by atoms with Crippen molar-refractivity contribution in [3.05, 3.63) is 59.2 Å². The largest absolute Gasteiger partial charge is 0.508 e. The number of phenolic OH excluding ortho intramolecular Hbond substituents is 1. The highest BCUT2D eigenvalue weighted by atomic mass is 28.3. The minimum atomic E-state index is -1.52. The topological polar surface area (TPSA) is 94.8 Å². The van der Waals surface area contributed by atoms with Crippen LogP contribution in [0.5, 0.6) is 5.75 Å². The molecule has 0 bridgehead atoms. The maximum Gasteiger partial charge on any atom is 0.303 e. The number of hydrogen-bond donors (Lipinski definition) is 3. The fourth-order valence-electron chi connectivity index (χ4n) is 4.67. The normalized spacial score (nSPS) is 12.0. The van der Waals surface area contributed by atoms with E-state index in [1.165, 1.54) is 29.3 Å². The van der Waals surface area contributed by atoms with E-state index >= 15 is 0 Å². The zero-order valence-corrected chi connectivity index (χ0v) is 24.4. The maximum atomic E-state index is 10.7. The molecule has 0 atom stereocenters. The van der Waals surface area contributed by atoms with Crippen LogP contribution in [0.3, 0.4) is 0 Å². The zero-order chi connectivity index (χ0) is 27.7. The molecule has 0 amide bonds. The van der Waals surface area contributed by atoms with Gasteiger partial charge in [0.2, 0.25) is 0 Å². The van der Waals surface area contributed by atoms with E-state index in [1.54, 1.807) is 5.19 Å². The molecule has 0 aromatic heterocycles. The summed E-state index contributed by atoms with van der Waals surface area (Å²) in [5.41, 5.74) is 3.75. The first-order chi connectivity index (χ1) is 16.6. The number of hydrogen-bond acceptors (Lipinski definition) is 3. The molecule has 6 heteroatoms. The van der Waals surface area contributed by atoms with Crippen LogP contribution in [0.25, 0.3) is 0 Å². The van der Waals surface area contributed by atoms with Gasteiger partial charge in [-0.2, -0.15) is 0 Å². The zero-order valence-electron chi connectivity index (χ0n) is 23.4. The first-order valence-corrected chi connectivity index (χ1v) is 15.6. The summed E-state index contributed by atoms with van der Waals surface area (Å²) in [6, 6.07) is 19.4. The van der Waals surface area contributed by atoms with Gasteiger partial charge in [-0.1, -0.05) is 109 Å². The van der Waals surface area contributed by atoms with Crippen LogP contribution >= 0.6 is 0 Å². The van der Waals surface area contributed by atoms with Gasteiger partial charge in [0, 0.05) is 0 Å². The van der Waals surface area contributed by atoms with Crippen molar-refractivity contribution in [2.75, 3.05) is 0 Å². The van der Waals surface area contributed by atoms with Gasteiger partial charge in [0.25, 0.3) is 0 Å². The van der Waals surface area contributed by atoms with Crippen LogP contribution in [0.15, 0.2) is 42.5 Å². The van der Waals surface area contributed by atoms with Crippen LogP contribution < -0.4 is 5.19 Å². The molecule has 36 heavy (non-hydrogen) atoms. The fraction of sp³-hybridized carbons (Fsp3) is 0.533. The molecule has 0 heterocycles. The van der Waals surface area contributed by atoms with E-state index in [2.05, 4.69) is 91.8 Å². The first-order valence-electron chi connectivity index (χ1n) is 12.9. The Labute approximate surface area is 218 Å². The summed E-state index contributed by atoms with van der Waals surface area (Å²) >= 11 is 0. The summed E-state index contributed by atoms with van der Waals surface area (Å²) in [4.78, 5) is 19.3. The summed E-state index contributed by atoms with van der Waals surface area (Å²) in [7, 11) is -1.52. The van der Waals surface area contributed by atoms with Crippen molar-refractivity contribution >= 4 is 25.2 Å². The van der Waals surface area contributed by atoms with Crippen molar-refractivity contribution in [1.82, 2.24) is 0 Å². The second kappa shape index (κ2) is 13.1. The smallest absolute Gasteiger partial charge is 0.303 e. The Morgan fingerprint density at radius 3 is 1.64 bits per heavy atom. The highest BCUT2D eigenvalue weighted by molar-refractivity contribution is 6.91. The number of benzene rings is 2. The molecule has 5 nitrogen and oxygen atoms in total. The highest BCUT2D eigenvalue weighted by Crippen LogP contribution is 2.38. The van der Waals surface area contributed by atoms with Crippen LogP contribution in [0, 0.1) is 0 Å². The fourth-order valence-corrected chi connectivity index (χ4v) is 8.63. The number of aryl methyl sites for hydroxylation is 1. The number of aromatic hydroxyl groups is 1. The van der Waals surface area contributed by atoms with E-state index in [-0.39, 0.29) is 23.7 Å². The second-order valence-corrected chi connectivity index (χ2v) is 16.7. The molecule has 0 aliphatic carbocycles. The Kier molecular flexibility index (Phi) is 11.4. The Morgan fingerprint density at radius 1 is 0.778 bits per heavy atom. The number of aliphatic carboxylic acids is 2. The first kappa shape index (κ1) is 31.4. The van der Waals surface area contributed by atoms with Crippen LogP contribution in [0.1, 0.15) is 84.9 Å². The van der Waals surface area contributed by atoms with Gasteiger partial charge in [0.15, 0.2) is 0 Å². The third-order valence-corrected chi connectivity index (χ3v) is 12.5. The molecule has 2 aromatic rings. The molecule has 2 rings (SSSR count). The van der Waals surface area contributed by atoms with Crippen molar-refractivity contribution in [2.45, 2.75) is 104 Å². The van der Waals surface area contributed by atoms with Gasteiger partial charge >= 0.3 is 11.9 Å². The Balaban J connectivity index is 0.000000697. The van der Waals surface area contributed by atoms with E-state index in [4.69, 9.17) is 10.2 Å². The van der Waals surface area contributed by atoms with Gasteiger partial charge in [-0.25, -0.2) is 0 Å². The predicted octanol–water partition coefficient (Wildman–Crippen LogP) is 6.86. The summed E-state index contributed by atoms with van der Waals surface area (Å²) < 4.78 is 0. The molecule has 0 saturated heterocycles. The van der Waals surface area contributed by atoms with Gasteiger partial charge in [-0.15, -0.1) is 0 Å². The number of rotatable bonds is 9. The number of carboxylic acid groups (broad SMARTS) is 2. The summed E-state index contributed by atoms with van der Waals surface area (Å²) in [5.74, 6) is -1.71. The predicted molar refractivity (Wildman–Crippen MR) is 151 cm³/mol. The second-order valence-electron chi connectivity index (χ2n) is 11.7. The molecule has 0 radical (unpaired) electrons. The van der Waals surface area contributed by atoms with E-state index < -0.39 is 20.0 Å². The van der Waals surface area contributed by atoms with Gasteiger partial charge in [-0.05, 0) is 46.1 Å². The average molecular weight is 515 g/mol. The molecule has 0 spiro atoms. The van der Waals surface area contributed by atoms with Crippen molar-refractivity contribution in [2.24, 2.45) is 0 Å². The van der Waals surface area contributed by atoms with Crippen LogP contribution in [0.4, 0.5) is 0 Å². The van der Waals surface area contributed by atoms with Crippen LogP contribution in [-0.2, 0) is 26.8 Å². The molecule has 2 aromatic carbocycles. The molecular formula is C30H46O5Si. The van der Waals surface area contributed by atoms with Crippen LogP contribution in [-0.4, -0.2) is 35.3 Å². The number of phenols is 1. The van der Waals surface area contributed by atoms with Gasteiger partial charge in [0.1, 0.15) is 5.75 Å². The molecular weight excluding hydrogens is 468 g/mol. The van der Waals surface area contributed by atoms with Crippen molar-refractivity contribution < 1.29 is 24.9 Å². The molecule has 0 fully saturated rings. The van der Waals surface area contributed by atoms with Gasteiger partial charge in [-0.3, -0.25) is 9.59 Å². The third kappa shape index (κ3) is 9.12. The van der Waals surface area contributed by atoms with Crippen molar-refractivity contribution in [3.63, 3.8) is 0 Å². The quantitative estimate of drug-likeness (QED) is 0.318. The average Bonchev–Trinajstić information content (AvgIpc) is 2.79. The Morgan fingerprint density at radius 2 is 1.25 bits per heavy atom. The Bertz CT molecular complexity index is 982. The van der Waals surface area contributed by atoms with Crippen LogP contribution in [0.2, 0.25) is 18.1 Å². The Hall–Kier alpha value is -2.60. The lowest BCUT2D eigenvalue weighted by Crippen LogP contribution is -2.46. The molecule has 0 aliphatic rings. The van der Waals surface area contributed by atoms with E-state index in [9.17, 15) is 14.7 Å². The molecule has 0 saturated carbocycles. The van der Waals surface area contributed by atoms with Crippen molar-refractivity contribution in [3.8, 4) is 5.75 Å². The molecule has 200 valence electrons. The minimum absolute atomic E-state index is 0.0264. The third-order valence-electron chi connectivity index (χ3n) is 7.00. The highest BCUT2D eigenvalue weighted by Gasteiger charge is 2.32. The van der Waals surface area contributed by atoms with E-state index in [1.807, 2.05) is 6.07 Å². The number of carboxylic acids is 2. The van der Waals surface area contributed by atoms with Crippen molar-refractivity contribution in [1.29, 1.82) is 0 Å². The standard InChI is InChI=1S/C26H40OSi.C4H6O4/c1-9-28(10-2,21-14-12-11-13-15-21)17-16-20-18-23(26(6,7)8)24(27)19-22(20)25(3,4)5;5-3(6)1-2-4(7)8/h11-15,18-19,27H,9-10,16-17H2,1-8H3;1-2H2,(H,5,6)(H,7,8). The molecule has 0 unspecified atom stereocenters. The SMILES string of the molecule is CC[Si](CC)(CCc1cc(C(C)(C)C)c(O)cc1C(C)(C)C)c1ccccc1.O=C(O)CCC(=O)O. The molecule has 3 N–H and O–H groups in total. The minimum Gasteiger partial charge on any atom is -0.508 e. The lowest BCUT2D eigenvalue weighted by Gasteiger charge is -2.32. The van der Waals surface area contributed by atoms with E-state index in [0.717, 1.165) is 12.0 Å². The van der Waals surface area contributed by atoms with Gasteiger partial charge < -0.3 is 15.3 Å².